The maximum Gasteiger partial charge on any atom is 0.206 e. The normalized spacial score (nSPS) is 16.5. The highest BCUT2D eigenvalue weighted by Crippen LogP contribution is 2.39. The molecular formula is C30H27FN4O. The highest BCUT2D eigenvalue weighted by molar-refractivity contribution is 5.88. The van der Waals surface area contributed by atoms with E-state index in [1.54, 1.807) is 13.0 Å². The first kappa shape index (κ1) is 22.4. The molecule has 4 aromatic rings. The Labute approximate surface area is 210 Å². The zero-order chi connectivity index (χ0) is 24.6. The quantitative estimate of drug-likeness (QED) is 0.318. The number of para-hydroxylation sites is 2. The van der Waals surface area contributed by atoms with E-state index in [1.165, 1.54) is 31.4 Å². The highest BCUT2D eigenvalue weighted by atomic mass is 19.1. The molecule has 6 rings (SSSR count). The van der Waals surface area contributed by atoms with Crippen molar-refractivity contribution in [3.63, 3.8) is 0 Å². The number of imidazole rings is 1. The summed E-state index contributed by atoms with van der Waals surface area (Å²) in [7, 11) is 0. The van der Waals surface area contributed by atoms with Crippen LogP contribution in [0.25, 0.3) is 16.6 Å². The van der Waals surface area contributed by atoms with Gasteiger partial charge in [-0.1, -0.05) is 24.3 Å². The lowest BCUT2D eigenvalue weighted by atomic mass is 9.90. The van der Waals surface area contributed by atoms with E-state index in [0.717, 1.165) is 57.9 Å². The molecular weight excluding hydrogens is 451 g/mol. The fourth-order valence-corrected chi connectivity index (χ4v) is 5.43. The van der Waals surface area contributed by atoms with Crippen molar-refractivity contribution < 1.29 is 9.13 Å². The number of nitriles is 1. The smallest absolute Gasteiger partial charge is 0.206 e. The van der Waals surface area contributed by atoms with E-state index in [1.807, 2.05) is 6.07 Å². The van der Waals surface area contributed by atoms with Crippen LogP contribution in [-0.4, -0.2) is 22.6 Å². The molecule has 0 radical (unpaired) electrons. The van der Waals surface area contributed by atoms with Gasteiger partial charge in [0.2, 0.25) is 5.95 Å². The second-order valence-electron chi connectivity index (χ2n) is 9.57. The number of allylic oxidation sites excluding steroid dienone is 1. The molecule has 2 aliphatic heterocycles. The number of halogens is 1. The molecule has 0 N–H and O–H groups in total. The number of ether oxygens (including phenoxy) is 1. The first-order valence-electron chi connectivity index (χ1n) is 12.5. The van der Waals surface area contributed by atoms with Crippen LogP contribution in [0.5, 0.6) is 5.75 Å². The lowest BCUT2D eigenvalue weighted by molar-refractivity contribution is 0.305. The summed E-state index contributed by atoms with van der Waals surface area (Å²) in [5, 5.41) is 9.73. The van der Waals surface area contributed by atoms with Crippen LogP contribution in [0.15, 0.2) is 66.2 Å². The lowest BCUT2D eigenvalue weighted by Gasteiger charge is -2.28. The van der Waals surface area contributed by atoms with Crippen LogP contribution in [0, 0.1) is 17.1 Å². The third kappa shape index (κ3) is 3.91. The summed E-state index contributed by atoms with van der Waals surface area (Å²) >= 11 is 0. The Morgan fingerprint density at radius 3 is 2.67 bits per heavy atom. The fraction of sp³-hybridized carbons (Fsp3) is 0.267. The van der Waals surface area contributed by atoms with Crippen LogP contribution in [0.2, 0.25) is 0 Å². The van der Waals surface area contributed by atoms with Gasteiger partial charge < -0.3 is 14.2 Å². The zero-order valence-electron chi connectivity index (χ0n) is 20.3. The number of hydrogen-bond acceptors (Lipinski definition) is 4. The van der Waals surface area contributed by atoms with Crippen molar-refractivity contribution >= 4 is 22.6 Å². The maximum absolute atomic E-state index is 14.0. The number of aromatic nitrogens is 2. The molecule has 1 saturated heterocycles. The predicted octanol–water partition coefficient (Wildman–Crippen LogP) is 6.45. The first-order chi connectivity index (χ1) is 17.6. The molecule has 0 spiro atoms. The molecule has 0 saturated carbocycles. The van der Waals surface area contributed by atoms with Gasteiger partial charge in [0.25, 0.3) is 0 Å². The topological polar surface area (TPSA) is 54.1 Å². The van der Waals surface area contributed by atoms with E-state index in [9.17, 15) is 9.65 Å². The van der Waals surface area contributed by atoms with Gasteiger partial charge in [-0.25, -0.2) is 9.37 Å². The van der Waals surface area contributed by atoms with Gasteiger partial charge in [-0.2, -0.15) is 5.26 Å². The van der Waals surface area contributed by atoms with E-state index >= 15 is 0 Å². The lowest BCUT2D eigenvalue weighted by Crippen LogP contribution is -2.32. The van der Waals surface area contributed by atoms with Crippen LogP contribution < -0.4 is 9.64 Å². The minimum Gasteiger partial charge on any atom is -0.488 e. The molecule has 36 heavy (non-hydrogen) atoms. The van der Waals surface area contributed by atoms with Gasteiger partial charge in [-0.15, -0.1) is 0 Å². The molecule has 2 aliphatic rings. The standard InChI is InChI=1S/C30H27FN4O/c1-20(17-32)29-24-11-9-21(15-22(24)19-36-28-16-23(31)10-12-25(28)29)18-35-27-8-4-3-7-26(27)33-30(35)34-13-5-2-6-14-34/h3-4,7-12,15-16H,2,5-6,13-14,18-19H2,1H3/b29-20+. The van der Waals surface area contributed by atoms with Gasteiger partial charge in [-0.05, 0) is 73.2 Å². The SMILES string of the molecule is C/C(C#N)=C1/c2ccc(Cn3c(N4CCCCC4)nc4ccccc43)cc2COc2cc(F)ccc21. The minimum atomic E-state index is -0.355. The molecule has 180 valence electrons. The summed E-state index contributed by atoms with van der Waals surface area (Å²) in [6, 6.07) is 21.4. The molecule has 3 aromatic carbocycles. The Kier molecular flexibility index (Phi) is 5.69. The molecule has 0 atom stereocenters. The number of benzene rings is 3. The van der Waals surface area contributed by atoms with Crippen LogP contribution >= 0.6 is 0 Å². The Morgan fingerprint density at radius 2 is 1.83 bits per heavy atom. The van der Waals surface area contributed by atoms with Crippen LogP contribution in [0.1, 0.15) is 48.4 Å². The molecule has 3 heterocycles. The van der Waals surface area contributed by atoms with Crippen molar-refractivity contribution in [1.29, 1.82) is 5.26 Å². The van der Waals surface area contributed by atoms with Crippen molar-refractivity contribution in [2.75, 3.05) is 18.0 Å². The van der Waals surface area contributed by atoms with E-state index < -0.39 is 0 Å². The highest BCUT2D eigenvalue weighted by Gasteiger charge is 2.23. The van der Waals surface area contributed by atoms with Crippen molar-refractivity contribution in [3.05, 3.63) is 94.3 Å². The minimum absolute atomic E-state index is 0.311. The van der Waals surface area contributed by atoms with Crippen molar-refractivity contribution in [3.8, 4) is 11.8 Å². The molecule has 5 nitrogen and oxygen atoms in total. The fourth-order valence-electron chi connectivity index (χ4n) is 5.43. The van der Waals surface area contributed by atoms with E-state index in [2.05, 4.69) is 51.9 Å². The van der Waals surface area contributed by atoms with E-state index in [0.29, 0.717) is 24.5 Å². The summed E-state index contributed by atoms with van der Waals surface area (Å²) in [6.07, 6.45) is 3.65. The van der Waals surface area contributed by atoms with E-state index in [-0.39, 0.29) is 5.82 Å². The van der Waals surface area contributed by atoms with Crippen LogP contribution in [0.3, 0.4) is 0 Å². The number of fused-ring (bicyclic) bond motifs is 3. The Bertz CT molecular complexity index is 1540. The van der Waals surface area contributed by atoms with Crippen molar-refractivity contribution in [2.24, 2.45) is 0 Å². The van der Waals surface area contributed by atoms with Gasteiger partial charge in [0.15, 0.2) is 0 Å². The number of nitrogens with zero attached hydrogens (tertiary/aromatic N) is 4. The van der Waals surface area contributed by atoms with Crippen molar-refractivity contribution in [1.82, 2.24) is 9.55 Å². The largest absolute Gasteiger partial charge is 0.488 e. The Balaban J connectivity index is 1.43. The van der Waals surface area contributed by atoms with Gasteiger partial charge in [0.05, 0.1) is 23.6 Å². The molecule has 0 amide bonds. The van der Waals surface area contributed by atoms with E-state index in [4.69, 9.17) is 9.72 Å². The molecule has 6 heteroatoms. The molecule has 1 aromatic heterocycles. The summed E-state index contributed by atoms with van der Waals surface area (Å²) < 4.78 is 22.3. The van der Waals surface area contributed by atoms with Crippen LogP contribution in [-0.2, 0) is 13.2 Å². The van der Waals surface area contributed by atoms with Crippen LogP contribution in [0.4, 0.5) is 10.3 Å². The van der Waals surface area contributed by atoms with Gasteiger partial charge in [0, 0.05) is 35.9 Å². The maximum atomic E-state index is 14.0. The molecule has 0 aliphatic carbocycles. The number of rotatable bonds is 3. The monoisotopic (exact) mass is 478 g/mol. The third-order valence-corrected chi connectivity index (χ3v) is 7.19. The Morgan fingerprint density at radius 1 is 1.03 bits per heavy atom. The van der Waals surface area contributed by atoms with Gasteiger partial charge in [-0.3, -0.25) is 0 Å². The summed E-state index contributed by atoms with van der Waals surface area (Å²) in [5.41, 5.74) is 7.31. The third-order valence-electron chi connectivity index (χ3n) is 7.19. The summed E-state index contributed by atoms with van der Waals surface area (Å²) in [5.74, 6) is 1.13. The van der Waals surface area contributed by atoms with Gasteiger partial charge in [0.1, 0.15) is 18.2 Å². The second-order valence-corrected chi connectivity index (χ2v) is 9.57. The van der Waals surface area contributed by atoms with Gasteiger partial charge >= 0.3 is 0 Å². The predicted molar refractivity (Wildman–Crippen MR) is 139 cm³/mol. The average molecular weight is 479 g/mol. The molecule has 1 fully saturated rings. The number of anilines is 1. The zero-order valence-corrected chi connectivity index (χ0v) is 20.3. The van der Waals surface area contributed by atoms with Crippen molar-refractivity contribution in [2.45, 2.75) is 39.3 Å². The summed E-state index contributed by atoms with van der Waals surface area (Å²) in [4.78, 5) is 7.40. The number of hydrogen-bond donors (Lipinski definition) is 0. The second kappa shape index (κ2) is 9.16. The first-order valence-corrected chi connectivity index (χ1v) is 12.5. The summed E-state index contributed by atoms with van der Waals surface area (Å²) in [6.45, 7) is 4.84. The average Bonchev–Trinajstić information content (AvgIpc) is 3.19. The number of piperidine rings is 1. The Hall–Kier alpha value is -4.11. The molecule has 0 bridgehead atoms. The molecule has 0 unspecified atom stereocenters.